The van der Waals surface area contributed by atoms with Gasteiger partial charge in [0.05, 0.1) is 12.7 Å². The molecule has 1 aliphatic heterocycles. The van der Waals surface area contributed by atoms with Crippen LogP contribution in [0.3, 0.4) is 0 Å². The van der Waals surface area contributed by atoms with E-state index in [1.807, 2.05) is 18.3 Å². The molecule has 0 atom stereocenters. The summed E-state index contributed by atoms with van der Waals surface area (Å²) in [6, 6.07) is 6.17. The number of rotatable bonds is 2. The number of hydrogen-bond donors (Lipinski definition) is 1. The van der Waals surface area contributed by atoms with Gasteiger partial charge in [-0.3, -0.25) is 4.90 Å². The minimum atomic E-state index is 0.00813. The third-order valence-electron chi connectivity index (χ3n) is 4.03. The predicted octanol–water partition coefficient (Wildman–Crippen LogP) is 3.11. The van der Waals surface area contributed by atoms with Crippen molar-refractivity contribution in [2.45, 2.75) is 45.7 Å². The normalized spacial score (nSPS) is 16.0. The largest absolute Gasteiger partial charge is 0.444 e. The highest BCUT2D eigenvalue weighted by Crippen LogP contribution is 2.26. The number of aromatic nitrogens is 1. The van der Waals surface area contributed by atoms with Gasteiger partial charge in [-0.05, 0) is 23.6 Å². The lowest BCUT2D eigenvalue weighted by molar-refractivity contribution is 0.216. The Labute approximate surface area is 126 Å². The van der Waals surface area contributed by atoms with Crippen molar-refractivity contribution >= 4 is 5.69 Å². The number of nitrogen functional groups attached to an aromatic ring is 1. The van der Waals surface area contributed by atoms with E-state index >= 15 is 0 Å². The monoisotopic (exact) mass is 285 g/mol. The molecular formula is C17H23N3O. The molecule has 1 aromatic heterocycles. The summed E-state index contributed by atoms with van der Waals surface area (Å²) in [5.41, 5.74) is 9.59. The van der Waals surface area contributed by atoms with Gasteiger partial charge in [-0.25, -0.2) is 4.98 Å². The van der Waals surface area contributed by atoms with E-state index in [4.69, 9.17) is 10.2 Å². The smallest absolute Gasteiger partial charge is 0.208 e. The zero-order chi connectivity index (χ0) is 15.0. The number of oxazole rings is 1. The Bertz CT molecular complexity index is 640. The molecule has 0 bridgehead atoms. The molecule has 2 heterocycles. The third-order valence-corrected chi connectivity index (χ3v) is 4.03. The lowest BCUT2D eigenvalue weighted by Crippen LogP contribution is -2.30. The van der Waals surface area contributed by atoms with Gasteiger partial charge < -0.3 is 10.2 Å². The van der Waals surface area contributed by atoms with Crippen molar-refractivity contribution in [3.63, 3.8) is 0 Å². The van der Waals surface area contributed by atoms with E-state index in [9.17, 15) is 0 Å². The van der Waals surface area contributed by atoms with Gasteiger partial charge in [0.2, 0.25) is 5.89 Å². The van der Waals surface area contributed by atoms with Gasteiger partial charge in [0.1, 0.15) is 5.76 Å². The fourth-order valence-electron chi connectivity index (χ4n) is 2.75. The van der Waals surface area contributed by atoms with Crippen molar-refractivity contribution in [3.05, 3.63) is 47.2 Å². The van der Waals surface area contributed by atoms with Crippen LogP contribution < -0.4 is 5.73 Å². The van der Waals surface area contributed by atoms with Crippen LogP contribution in [0.1, 0.15) is 43.5 Å². The van der Waals surface area contributed by atoms with Crippen LogP contribution in [0.15, 0.2) is 28.8 Å². The molecule has 4 heteroatoms. The van der Waals surface area contributed by atoms with Crippen LogP contribution >= 0.6 is 0 Å². The molecule has 0 amide bonds. The summed E-state index contributed by atoms with van der Waals surface area (Å²) in [6.07, 6.45) is 2.85. The molecule has 0 unspecified atom stereocenters. The second kappa shape index (κ2) is 5.19. The molecule has 0 saturated heterocycles. The molecule has 1 aromatic carbocycles. The van der Waals surface area contributed by atoms with Crippen molar-refractivity contribution in [2.75, 3.05) is 12.3 Å². The molecule has 0 spiro atoms. The Morgan fingerprint density at radius 2 is 2.14 bits per heavy atom. The fourth-order valence-corrected chi connectivity index (χ4v) is 2.75. The van der Waals surface area contributed by atoms with Crippen molar-refractivity contribution in [1.29, 1.82) is 0 Å². The van der Waals surface area contributed by atoms with E-state index in [-0.39, 0.29) is 5.41 Å². The zero-order valence-corrected chi connectivity index (χ0v) is 13.0. The maximum Gasteiger partial charge on any atom is 0.208 e. The van der Waals surface area contributed by atoms with Crippen LogP contribution in [0.2, 0.25) is 0 Å². The van der Waals surface area contributed by atoms with Gasteiger partial charge in [-0.2, -0.15) is 0 Å². The molecular weight excluding hydrogens is 262 g/mol. The molecule has 0 aliphatic carbocycles. The van der Waals surface area contributed by atoms with Crippen molar-refractivity contribution in [2.24, 2.45) is 0 Å². The first kappa shape index (κ1) is 14.1. The Balaban J connectivity index is 1.71. The highest BCUT2D eigenvalue weighted by molar-refractivity contribution is 5.51. The summed E-state index contributed by atoms with van der Waals surface area (Å²) < 4.78 is 5.89. The summed E-state index contributed by atoms with van der Waals surface area (Å²) in [6.45, 7) is 9.07. The van der Waals surface area contributed by atoms with E-state index < -0.39 is 0 Å². The van der Waals surface area contributed by atoms with E-state index in [2.05, 4.69) is 36.7 Å². The molecule has 4 nitrogen and oxygen atoms in total. The molecule has 21 heavy (non-hydrogen) atoms. The SMILES string of the molecule is CC(C)(C)c1cnc(CN2CCc3c(N)cccc3C2)o1. The second-order valence-electron chi connectivity index (χ2n) is 6.81. The van der Waals surface area contributed by atoms with Crippen LogP contribution in [0.5, 0.6) is 0 Å². The molecule has 1 aliphatic rings. The first-order valence-electron chi connectivity index (χ1n) is 7.47. The van der Waals surface area contributed by atoms with E-state index in [1.165, 1.54) is 11.1 Å². The molecule has 2 N–H and O–H groups in total. The Morgan fingerprint density at radius 3 is 2.86 bits per heavy atom. The molecule has 2 aromatic rings. The van der Waals surface area contributed by atoms with Gasteiger partial charge in [0, 0.05) is 24.2 Å². The average molecular weight is 285 g/mol. The van der Waals surface area contributed by atoms with Gasteiger partial charge in [0.15, 0.2) is 0 Å². The zero-order valence-electron chi connectivity index (χ0n) is 13.0. The maximum atomic E-state index is 6.04. The number of benzene rings is 1. The van der Waals surface area contributed by atoms with Crippen LogP contribution in [0, 0.1) is 0 Å². The van der Waals surface area contributed by atoms with Crippen molar-refractivity contribution in [3.8, 4) is 0 Å². The maximum absolute atomic E-state index is 6.04. The first-order chi connectivity index (χ1) is 9.93. The van der Waals surface area contributed by atoms with E-state index in [0.717, 1.165) is 43.4 Å². The second-order valence-corrected chi connectivity index (χ2v) is 6.81. The van der Waals surface area contributed by atoms with E-state index in [1.54, 1.807) is 0 Å². The minimum absolute atomic E-state index is 0.00813. The van der Waals surface area contributed by atoms with Gasteiger partial charge >= 0.3 is 0 Å². The highest BCUT2D eigenvalue weighted by Gasteiger charge is 2.22. The number of hydrogen-bond acceptors (Lipinski definition) is 4. The lowest BCUT2D eigenvalue weighted by atomic mass is 9.94. The standard InChI is InChI=1S/C17H23N3O/c1-17(2,3)15-9-19-16(21-15)11-20-8-7-13-12(10-20)5-4-6-14(13)18/h4-6,9H,7-8,10-11,18H2,1-3H3. The minimum Gasteiger partial charge on any atom is -0.444 e. The first-order valence-corrected chi connectivity index (χ1v) is 7.47. The number of nitrogens with two attached hydrogens (primary N) is 1. The topological polar surface area (TPSA) is 55.3 Å². The fraction of sp³-hybridized carbons (Fsp3) is 0.471. The lowest BCUT2D eigenvalue weighted by Gasteiger charge is -2.28. The van der Waals surface area contributed by atoms with Crippen molar-refractivity contribution in [1.82, 2.24) is 9.88 Å². The molecule has 0 radical (unpaired) electrons. The van der Waals surface area contributed by atoms with Crippen LogP contribution in [-0.2, 0) is 24.9 Å². The molecule has 3 rings (SSSR count). The van der Waals surface area contributed by atoms with Crippen LogP contribution in [0.4, 0.5) is 5.69 Å². The average Bonchev–Trinajstić information content (AvgIpc) is 2.87. The summed E-state index contributed by atoms with van der Waals surface area (Å²) in [4.78, 5) is 6.78. The van der Waals surface area contributed by atoms with Crippen LogP contribution in [0.25, 0.3) is 0 Å². The Hall–Kier alpha value is -1.81. The third kappa shape index (κ3) is 2.95. The number of anilines is 1. The summed E-state index contributed by atoms with van der Waals surface area (Å²) >= 11 is 0. The van der Waals surface area contributed by atoms with Gasteiger partial charge in [-0.15, -0.1) is 0 Å². The van der Waals surface area contributed by atoms with Crippen LogP contribution in [-0.4, -0.2) is 16.4 Å². The quantitative estimate of drug-likeness (QED) is 0.861. The molecule has 112 valence electrons. The summed E-state index contributed by atoms with van der Waals surface area (Å²) in [7, 11) is 0. The molecule has 0 fully saturated rings. The number of nitrogens with zero attached hydrogens (tertiary/aromatic N) is 2. The Morgan fingerprint density at radius 1 is 1.33 bits per heavy atom. The summed E-state index contributed by atoms with van der Waals surface area (Å²) in [5.74, 6) is 1.74. The predicted molar refractivity (Wildman–Crippen MR) is 83.9 cm³/mol. The summed E-state index contributed by atoms with van der Waals surface area (Å²) in [5, 5.41) is 0. The van der Waals surface area contributed by atoms with Crippen molar-refractivity contribution < 1.29 is 4.42 Å². The van der Waals surface area contributed by atoms with Gasteiger partial charge in [0.25, 0.3) is 0 Å². The van der Waals surface area contributed by atoms with E-state index in [0.29, 0.717) is 0 Å². The Kier molecular flexibility index (Phi) is 3.49. The molecule has 0 saturated carbocycles. The number of fused-ring (bicyclic) bond motifs is 1. The van der Waals surface area contributed by atoms with Gasteiger partial charge in [-0.1, -0.05) is 32.9 Å². The highest BCUT2D eigenvalue weighted by atomic mass is 16.4.